The van der Waals surface area contributed by atoms with E-state index in [1.54, 1.807) is 0 Å². The number of halogens is 2. The summed E-state index contributed by atoms with van der Waals surface area (Å²) in [6.07, 6.45) is -0.430. The molecule has 126 valence electrons. The normalized spacial score (nSPS) is 19.1. The Morgan fingerprint density at radius 3 is 2.35 bits per heavy atom. The zero-order chi connectivity index (χ0) is 17.0. The Balaban J connectivity index is 2.13. The molecule has 1 aromatic carbocycles. The van der Waals surface area contributed by atoms with E-state index in [9.17, 15) is 23.5 Å². The number of nitrogens with zero attached hydrogens (tertiary/aromatic N) is 1. The molecule has 0 spiro atoms. The monoisotopic (exact) mass is 325 g/mol. The maximum absolute atomic E-state index is 13.3. The van der Waals surface area contributed by atoms with Crippen molar-refractivity contribution in [2.75, 3.05) is 0 Å². The average molecular weight is 325 g/mol. The summed E-state index contributed by atoms with van der Waals surface area (Å²) in [5.74, 6) is -4.69. The number of alkyl halides is 2. The second-order valence-electron chi connectivity index (χ2n) is 6.10. The third kappa shape index (κ3) is 4.50. The molecule has 1 fully saturated rings. The van der Waals surface area contributed by atoms with Gasteiger partial charge in [0.05, 0.1) is 0 Å². The van der Waals surface area contributed by atoms with Gasteiger partial charge in [0, 0.05) is 25.3 Å². The summed E-state index contributed by atoms with van der Waals surface area (Å²) >= 11 is 0. The topological polar surface area (TPSA) is 57.6 Å². The Bertz CT molecular complexity index is 552. The van der Waals surface area contributed by atoms with E-state index in [0.29, 0.717) is 0 Å². The van der Waals surface area contributed by atoms with Crippen molar-refractivity contribution in [2.45, 2.75) is 51.1 Å². The maximum Gasteiger partial charge on any atom is 0.326 e. The summed E-state index contributed by atoms with van der Waals surface area (Å²) in [6.45, 7) is 1.61. The molecule has 1 saturated carbocycles. The first-order valence-electron chi connectivity index (χ1n) is 7.75. The van der Waals surface area contributed by atoms with Gasteiger partial charge in [-0.1, -0.05) is 30.3 Å². The molecule has 4 nitrogen and oxygen atoms in total. The Hall–Kier alpha value is -1.98. The van der Waals surface area contributed by atoms with Crippen LogP contribution in [0, 0.1) is 5.92 Å². The molecule has 0 radical (unpaired) electrons. The van der Waals surface area contributed by atoms with Crippen molar-refractivity contribution < 1.29 is 23.5 Å². The molecule has 1 atom stereocenters. The van der Waals surface area contributed by atoms with Gasteiger partial charge in [0.25, 0.3) is 0 Å². The molecule has 1 aliphatic carbocycles. The van der Waals surface area contributed by atoms with Gasteiger partial charge in [-0.2, -0.15) is 0 Å². The van der Waals surface area contributed by atoms with E-state index in [4.69, 9.17) is 0 Å². The van der Waals surface area contributed by atoms with Crippen molar-refractivity contribution in [2.24, 2.45) is 5.92 Å². The van der Waals surface area contributed by atoms with Crippen molar-refractivity contribution in [3.05, 3.63) is 35.9 Å². The molecule has 2 rings (SSSR count). The standard InChI is InChI=1S/C17H21F2NO3/c1-12(16(22)23)20(11-13-5-3-2-4-6-13)15(21)14-7-9-17(18,19)10-8-14/h2-6,12,14H,7-11H2,1H3,(H,22,23). The van der Waals surface area contributed by atoms with Gasteiger partial charge in [-0.05, 0) is 25.3 Å². The highest BCUT2D eigenvalue weighted by molar-refractivity contribution is 5.85. The van der Waals surface area contributed by atoms with Crippen LogP contribution in [0.4, 0.5) is 8.78 Å². The van der Waals surface area contributed by atoms with Gasteiger partial charge in [0.1, 0.15) is 6.04 Å². The first-order chi connectivity index (χ1) is 10.8. The zero-order valence-electron chi connectivity index (χ0n) is 13.0. The fraction of sp³-hybridized carbons (Fsp3) is 0.529. The van der Waals surface area contributed by atoms with E-state index in [1.807, 2.05) is 30.3 Å². The summed E-state index contributed by atoms with van der Waals surface area (Å²) in [7, 11) is 0. The van der Waals surface area contributed by atoms with Crippen LogP contribution in [0.1, 0.15) is 38.2 Å². The van der Waals surface area contributed by atoms with Crippen molar-refractivity contribution in [3.63, 3.8) is 0 Å². The molecule has 0 bridgehead atoms. The summed E-state index contributed by atoms with van der Waals surface area (Å²) in [6, 6.07) is 8.08. The lowest BCUT2D eigenvalue weighted by atomic mass is 9.85. The second kappa shape index (κ2) is 7.06. The summed E-state index contributed by atoms with van der Waals surface area (Å²) in [5.41, 5.74) is 0.815. The Kier molecular flexibility index (Phi) is 5.34. The fourth-order valence-corrected chi connectivity index (χ4v) is 2.84. The van der Waals surface area contributed by atoms with Crippen LogP contribution >= 0.6 is 0 Å². The van der Waals surface area contributed by atoms with E-state index in [2.05, 4.69) is 0 Å². The van der Waals surface area contributed by atoms with E-state index >= 15 is 0 Å². The minimum absolute atomic E-state index is 0.101. The zero-order valence-corrected chi connectivity index (χ0v) is 13.0. The fourth-order valence-electron chi connectivity index (χ4n) is 2.84. The largest absolute Gasteiger partial charge is 0.480 e. The van der Waals surface area contributed by atoms with Crippen molar-refractivity contribution >= 4 is 11.9 Å². The molecule has 1 amide bonds. The number of aliphatic carboxylic acids is 1. The number of benzene rings is 1. The molecule has 0 aliphatic heterocycles. The van der Waals surface area contributed by atoms with E-state index in [1.165, 1.54) is 11.8 Å². The molecule has 1 aromatic rings. The minimum Gasteiger partial charge on any atom is -0.480 e. The quantitative estimate of drug-likeness (QED) is 0.903. The molecule has 6 heteroatoms. The number of carboxylic acid groups (broad SMARTS) is 1. The lowest BCUT2D eigenvalue weighted by Crippen LogP contribution is -2.46. The SMILES string of the molecule is CC(C(=O)O)N(Cc1ccccc1)C(=O)C1CCC(F)(F)CC1. The van der Waals surface area contributed by atoms with Crippen LogP contribution < -0.4 is 0 Å². The Morgan fingerprint density at radius 2 is 1.83 bits per heavy atom. The van der Waals surface area contributed by atoms with Gasteiger partial charge in [-0.3, -0.25) is 4.79 Å². The molecule has 1 unspecified atom stereocenters. The van der Waals surface area contributed by atoms with Crippen LogP contribution in [-0.4, -0.2) is 33.8 Å². The van der Waals surface area contributed by atoms with Crippen LogP contribution in [0.5, 0.6) is 0 Å². The van der Waals surface area contributed by atoms with Crippen molar-refractivity contribution in [1.82, 2.24) is 4.90 Å². The van der Waals surface area contributed by atoms with Crippen LogP contribution in [0.2, 0.25) is 0 Å². The van der Waals surface area contributed by atoms with Crippen LogP contribution in [0.15, 0.2) is 30.3 Å². The van der Waals surface area contributed by atoms with Gasteiger partial charge in [0.2, 0.25) is 11.8 Å². The van der Waals surface area contributed by atoms with Crippen LogP contribution in [0.3, 0.4) is 0 Å². The number of carboxylic acids is 1. The van der Waals surface area contributed by atoms with Gasteiger partial charge < -0.3 is 10.0 Å². The molecule has 0 aromatic heterocycles. The Morgan fingerprint density at radius 1 is 1.26 bits per heavy atom. The molecule has 1 N–H and O–H groups in total. The number of rotatable bonds is 5. The maximum atomic E-state index is 13.3. The van der Waals surface area contributed by atoms with E-state index < -0.39 is 23.9 Å². The predicted molar refractivity (Wildman–Crippen MR) is 81.0 cm³/mol. The van der Waals surface area contributed by atoms with Crippen LogP contribution in [-0.2, 0) is 16.1 Å². The second-order valence-corrected chi connectivity index (χ2v) is 6.10. The average Bonchev–Trinajstić information content (AvgIpc) is 2.52. The predicted octanol–water partition coefficient (Wildman–Crippen LogP) is 3.31. The number of hydrogen-bond acceptors (Lipinski definition) is 2. The number of amides is 1. The molecule has 23 heavy (non-hydrogen) atoms. The Labute approximate surface area is 134 Å². The highest BCUT2D eigenvalue weighted by Crippen LogP contribution is 2.37. The lowest BCUT2D eigenvalue weighted by molar-refractivity contribution is -0.154. The van der Waals surface area contributed by atoms with Crippen LogP contribution in [0.25, 0.3) is 0 Å². The van der Waals surface area contributed by atoms with Gasteiger partial charge in [-0.25, -0.2) is 13.6 Å². The smallest absolute Gasteiger partial charge is 0.326 e. The van der Waals surface area contributed by atoms with E-state index in [0.717, 1.165) is 5.56 Å². The highest BCUT2D eigenvalue weighted by Gasteiger charge is 2.40. The molecule has 0 heterocycles. The third-order valence-electron chi connectivity index (χ3n) is 4.37. The number of hydrogen-bond donors (Lipinski definition) is 1. The molecule has 1 aliphatic rings. The van der Waals surface area contributed by atoms with Crippen molar-refractivity contribution in [3.8, 4) is 0 Å². The van der Waals surface area contributed by atoms with Crippen molar-refractivity contribution in [1.29, 1.82) is 0 Å². The van der Waals surface area contributed by atoms with Gasteiger partial charge in [-0.15, -0.1) is 0 Å². The number of carbonyl (C=O) groups excluding carboxylic acids is 1. The summed E-state index contributed by atoms with van der Waals surface area (Å²) in [4.78, 5) is 25.3. The first kappa shape index (κ1) is 17.4. The number of carbonyl (C=O) groups is 2. The van der Waals surface area contributed by atoms with Gasteiger partial charge >= 0.3 is 5.97 Å². The molecular weight excluding hydrogens is 304 g/mol. The lowest BCUT2D eigenvalue weighted by Gasteiger charge is -2.34. The molecular formula is C17H21F2NO3. The van der Waals surface area contributed by atoms with E-state index in [-0.39, 0.29) is 38.1 Å². The third-order valence-corrected chi connectivity index (χ3v) is 4.37. The first-order valence-corrected chi connectivity index (χ1v) is 7.75. The summed E-state index contributed by atoms with van der Waals surface area (Å²) in [5, 5.41) is 9.25. The minimum atomic E-state index is -2.71. The highest BCUT2D eigenvalue weighted by atomic mass is 19.3. The summed E-state index contributed by atoms with van der Waals surface area (Å²) < 4.78 is 26.5. The molecule has 0 saturated heterocycles. The van der Waals surface area contributed by atoms with Gasteiger partial charge in [0.15, 0.2) is 0 Å².